The van der Waals surface area contributed by atoms with Crippen molar-refractivity contribution in [2.75, 3.05) is 23.4 Å². The van der Waals surface area contributed by atoms with Gasteiger partial charge in [0.15, 0.2) is 5.13 Å². The number of hydrogen-bond donors (Lipinski definition) is 1. The van der Waals surface area contributed by atoms with Crippen molar-refractivity contribution >= 4 is 33.2 Å². The fourth-order valence-electron chi connectivity index (χ4n) is 1.93. The number of ether oxygens (including phenoxy) is 1. The van der Waals surface area contributed by atoms with Gasteiger partial charge in [0.1, 0.15) is 0 Å². The van der Waals surface area contributed by atoms with Crippen LogP contribution >= 0.6 is 11.3 Å². The molecular weight excluding hydrogens is 284 g/mol. The van der Waals surface area contributed by atoms with Crippen LogP contribution in [0.5, 0.6) is 0 Å². The van der Waals surface area contributed by atoms with Gasteiger partial charge < -0.3 is 10.1 Å². The maximum Gasteiger partial charge on any atom is 0.311 e. The predicted octanol–water partition coefficient (Wildman–Crippen LogP) is 1.57. The zero-order valence-corrected chi connectivity index (χ0v) is 12.5. The lowest BCUT2D eigenvalue weighted by atomic mass is 10.2. The van der Waals surface area contributed by atoms with Gasteiger partial charge in [-0.15, -0.1) is 11.3 Å². The molecule has 2 heterocycles. The van der Waals surface area contributed by atoms with E-state index >= 15 is 0 Å². The molecule has 1 aliphatic rings. The predicted molar refractivity (Wildman–Crippen MR) is 77.0 cm³/mol. The van der Waals surface area contributed by atoms with E-state index in [1.807, 2.05) is 5.38 Å². The summed E-state index contributed by atoms with van der Waals surface area (Å²) in [5.41, 5.74) is 0.741. The normalized spacial score (nSPS) is 23.0. The number of esters is 1. The van der Waals surface area contributed by atoms with Crippen LogP contribution in [0.3, 0.4) is 0 Å². The number of hydrogen-bond acceptors (Lipinski definition) is 6. The van der Waals surface area contributed by atoms with Gasteiger partial charge in [-0.2, -0.15) is 0 Å². The Labute approximate surface area is 119 Å². The highest BCUT2D eigenvalue weighted by Crippen LogP contribution is 2.20. The maximum absolute atomic E-state index is 11.3. The molecule has 1 aromatic rings. The first kappa shape index (κ1) is 14.5. The molecule has 0 amide bonds. The van der Waals surface area contributed by atoms with Crippen LogP contribution < -0.4 is 5.32 Å². The second-order valence-electron chi connectivity index (χ2n) is 4.39. The zero-order chi connectivity index (χ0) is 13.7. The summed E-state index contributed by atoms with van der Waals surface area (Å²) < 4.78 is 16.2. The minimum Gasteiger partial charge on any atom is -0.466 e. The summed E-state index contributed by atoms with van der Waals surface area (Å²) >= 11 is 1.50. The average molecular weight is 302 g/mol. The lowest BCUT2D eigenvalue weighted by Gasteiger charge is -2.21. The first-order valence-electron chi connectivity index (χ1n) is 6.39. The molecule has 1 saturated heterocycles. The van der Waals surface area contributed by atoms with Crippen LogP contribution in [0.25, 0.3) is 0 Å². The van der Waals surface area contributed by atoms with Crippen LogP contribution in [0.15, 0.2) is 5.38 Å². The maximum atomic E-state index is 11.3. The van der Waals surface area contributed by atoms with Crippen molar-refractivity contribution in [3.63, 3.8) is 0 Å². The average Bonchev–Trinajstić information content (AvgIpc) is 2.80. The number of nitrogens with one attached hydrogen (secondary N) is 1. The molecule has 7 heteroatoms. The number of carbonyl (C=O) groups is 1. The summed E-state index contributed by atoms with van der Waals surface area (Å²) in [7, 11) is -0.642. The Hall–Kier alpha value is -0.950. The Bertz CT molecular complexity index is 452. The molecule has 19 heavy (non-hydrogen) atoms. The molecule has 1 N–H and O–H groups in total. The van der Waals surface area contributed by atoms with Crippen LogP contribution in [0.1, 0.15) is 25.5 Å². The fourth-order valence-corrected chi connectivity index (χ4v) is 4.01. The number of aromatic nitrogens is 1. The smallest absolute Gasteiger partial charge is 0.311 e. The van der Waals surface area contributed by atoms with Gasteiger partial charge in [-0.25, -0.2) is 4.98 Å². The van der Waals surface area contributed by atoms with Crippen LogP contribution in [0, 0.1) is 0 Å². The van der Waals surface area contributed by atoms with E-state index in [-0.39, 0.29) is 12.4 Å². The van der Waals surface area contributed by atoms with Gasteiger partial charge in [0.05, 0.1) is 18.7 Å². The summed E-state index contributed by atoms with van der Waals surface area (Å²) in [5.74, 6) is 1.28. The Morgan fingerprint density at radius 2 is 2.32 bits per heavy atom. The topological polar surface area (TPSA) is 68.3 Å². The van der Waals surface area contributed by atoms with E-state index in [2.05, 4.69) is 10.3 Å². The standard InChI is InChI=1S/C12H18N2O3S2/c1-2-17-11(15)7-10-8-18-12(14-10)13-9-3-5-19(16)6-4-9/h8-9H,2-7H2,1H3,(H,13,14). The molecule has 0 spiro atoms. The number of nitrogens with zero attached hydrogens (tertiary/aromatic N) is 1. The lowest BCUT2D eigenvalue weighted by molar-refractivity contribution is -0.142. The number of rotatable bonds is 5. The number of anilines is 1. The second kappa shape index (κ2) is 7.00. The summed E-state index contributed by atoms with van der Waals surface area (Å²) in [4.78, 5) is 15.7. The molecule has 0 bridgehead atoms. The molecule has 1 aliphatic heterocycles. The second-order valence-corrected chi connectivity index (χ2v) is 6.95. The van der Waals surface area contributed by atoms with Crippen LogP contribution in [0.2, 0.25) is 0 Å². The molecule has 0 unspecified atom stereocenters. The third-order valence-corrected chi connectivity index (χ3v) is 5.10. The molecular formula is C12H18N2O3S2. The van der Waals surface area contributed by atoms with Gasteiger partial charge in [0.25, 0.3) is 0 Å². The summed E-state index contributed by atoms with van der Waals surface area (Å²) in [6.07, 6.45) is 2.06. The molecule has 0 saturated carbocycles. The highest BCUT2D eigenvalue weighted by molar-refractivity contribution is 7.85. The molecule has 5 nitrogen and oxygen atoms in total. The van der Waals surface area contributed by atoms with Gasteiger partial charge in [-0.1, -0.05) is 0 Å². The van der Waals surface area contributed by atoms with Gasteiger partial charge in [0.2, 0.25) is 0 Å². The van der Waals surface area contributed by atoms with E-state index in [0.29, 0.717) is 12.6 Å². The number of carbonyl (C=O) groups excluding carboxylic acids is 1. The molecule has 0 aromatic carbocycles. The molecule has 106 valence electrons. The van der Waals surface area contributed by atoms with E-state index < -0.39 is 10.8 Å². The summed E-state index contributed by atoms with van der Waals surface area (Å²) in [6, 6.07) is 0.347. The van der Waals surface area contributed by atoms with Crippen LogP contribution in [-0.4, -0.2) is 39.3 Å². The van der Waals surface area contributed by atoms with Crippen molar-refractivity contribution in [3.05, 3.63) is 11.1 Å². The quantitative estimate of drug-likeness (QED) is 0.836. The Kier molecular flexibility index (Phi) is 5.33. The van der Waals surface area contributed by atoms with Crippen molar-refractivity contribution in [2.45, 2.75) is 32.2 Å². The van der Waals surface area contributed by atoms with Gasteiger partial charge in [0, 0.05) is 33.7 Å². The summed E-state index contributed by atoms with van der Waals surface area (Å²) in [5, 5.41) is 6.05. The van der Waals surface area contributed by atoms with Gasteiger partial charge >= 0.3 is 5.97 Å². The van der Waals surface area contributed by atoms with Gasteiger partial charge in [-0.05, 0) is 19.8 Å². The molecule has 2 rings (SSSR count). The molecule has 0 radical (unpaired) electrons. The molecule has 0 aliphatic carbocycles. The number of thiazole rings is 1. The summed E-state index contributed by atoms with van der Waals surface area (Å²) in [6.45, 7) is 2.19. The van der Waals surface area contributed by atoms with E-state index in [1.165, 1.54) is 11.3 Å². The third kappa shape index (κ3) is 4.58. The molecule has 1 fully saturated rings. The van der Waals surface area contributed by atoms with E-state index in [0.717, 1.165) is 35.2 Å². The van der Waals surface area contributed by atoms with Crippen molar-refractivity contribution in [2.24, 2.45) is 0 Å². The van der Waals surface area contributed by atoms with Crippen molar-refractivity contribution in [1.29, 1.82) is 0 Å². The Balaban J connectivity index is 1.83. The largest absolute Gasteiger partial charge is 0.466 e. The van der Waals surface area contributed by atoms with Gasteiger partial charge in [-0.3, -0.25) is 9.00 Å². The van der Waals surface area contributed by atoms with E-state index in [9.17, 15) is 9.00 Å². The van der Waals surface area contributed by atoms with Crippen molar-refractivity contribution < 1.29 is 13.7 Å². The zero-order valence-electron chi connectivity index (χ0n) is 10.9. The van der Waals surface area contributed by atoms with E-state index in [1.54, 1.807) is 6.92 Å². The van der Waals surface area contributed by atoms with E-state index in [4.69, 9.17) is 4.74 Å². The van der Waals surface area contributed by atoms with Crippen LogP contribution in [-0.2, 0) is 26.8 Å². The lowest BCUT2D eigenvalue weighted by Crippen LogP contribution is -2.29. The SMILES string of the molecule is CCOC(=O)Cc1csc(NC2CCS(=O)CC2)n1. The molecule has 0 atom stereocenters. The minimum atomic E-state index is -0.642. The fraction of sp³-hybridized carbons (Fsp3) is 0.667. The first-order chi connectivity index (χ1) is 9.17. The highest BCUT2D eigenvalue weighted by atomic mass is 32.2. The Morgan fingerprint density at radius 3 is 3.00 bits per heavy atom. The van der Waals surface area contributed by atoms with Crippen LogP contribution in [0.4, 0.5) is 5.13 Å². The highest BCUT2D eigenvalue weighted by Gasteiger charge is 2.18. The van der Waals surface area contributed by atoms with Crippen molar-refractivity contribution in [1.82, 2.24) is 4.98 Å². The monoisotopic (exact) mass is 302 g/mol. The molecule has 1 aromatic heterocycles. The first-order valence-corrected chi connectivity index (χ1v) is 8.75. The Morgan fingerprint density at radius 1 is 1.58 bits per heavy atom. The van der Waals surface area contributed by atoms with Crippen molar-refractivity contribution in [3.8, 4) is 0 Å². The minimum absolute atomic E-state index is 0.223. The third-order valence-electron chi connectivity index (χ3n) is 2.90.